The molecule has 0 fully saturated rings. The first kappa shape index (κ1) is 19.1. The van der Waals surface area contributed by atoms with E-state index in [1.54, 1.807) is 0 Å². The highest BCUT2D eigenvalue weighted by atomic mass is 16.6. The van der Waals surface area contributed by atoms with Gasteiger partial charge in [-0.1, -0.05) is 19.9 Å². The molecule has 0 spiro atoms. The smallest absolute Gasteiger partial charge is 0.335 e. The maximum Gasteiger partial charge on any atom is 0.335 e. The molecular weight excluding hydrogens is 276 g/mol. The molecule has 0 aliphatic heterocycles. The van der Waals surface area contributed by atoms with Crippen LogP contribution in [0.3, 0.4) is 0 Å². The van der Waals surface area contributed by atoms with Crippen molar-refractivity contribution >= 4 is 17.8 Å². The predicted octanol–water partition coefficient (Wildman–Crippen LogP) is 1.36. The Balaban J connectivity index is 4.50. The van der Waals surface area contributed by atoms with Gasteiger partial charge in [0.05, 0.1) is 6.04 Å². The number of amides is 2. The fourth-order valence-corrected chi connectivity index (χ4v) is 1.56. The first-order valence-electron chi connectivity index (χ1n) is 6.83. The summed E-state index contributed by atoms with van der Waals surface area (Å²) >= 11 is 0. The Morgan fingerprint density at radius 2 is 1.90 bits per heavy atom. The number of hydroxylamine groups is 2. The van der Waals surface area contributed by atoms with E-state index >= 15 is 0 Å². The van der Waals surface area contributed by atoms with Crippen molar-refractivity contribution in [2.24, 2.45) is 0 Å². The Morgan fingerprint density at radius 1 is 1.33 bits per heavy atom. The molecule has 0 saturated heterocycles. The standard InChI is InChI=1S/C14H24N2O5/c1-6-7-13(21-14(19)9(2)3)15-12(18)8-10(4)16(20)11(5)17/h10,13,20H,2,6-8H2,1,3-5H3,(H,15,18). The molecule has 7 nitrogen and oxygen atoms in total. The maximum absolute atomic E-state index is 11.8. The van der Waals surface area contributed by atoms with Gasteiger partial charge in [0.15, 0.2) is 6.23 Å². The van der Waals surface area contributed by atoms with Crippen molar-refractivity contribution in [3.05, 3.63) is 12.2 Å². The number of ether oxygens (including phenoxy) is 1. The quantitative estimate of drug-likeness (QED) is 0.232. The molecule has 0 saturated carbocycles. The minimum absolute atomic E-state index is 0.0963. The molecule has 0 aromatic heterocycles. The van der Waals surface area contributed by atoms with Gasteiger partial charge in [0.1, 0.15) is 0 Å². The Kier molecular flexibility index (Phi) is 8.30. The van der Waals surface area contributed by atoms with Crippen molar-refractivity contribution in [2.45, 2.75) is 59.2 Å². The molecule has 0 rings (SSSR count). The highest BCUT2D eigenvalue weighted by Gasteiger charge is 2.21. The monoisotopic (exact) mass is 300 g/mol. The zero-order chi connectivity index (χ0) is 16.6. The number of nitrogens with zero attached hydrogens (tertiary/aromatic N) is 1. The summed E-state index contributed by atoms with van der Waals surface area (Å²) in [7, 11) is 0. The maximum atomic E-state index is 11.8. The van der Waals surface area contributed by atoms with Crippen LogP contribution in [0, 0.1) is 0 Å². The van der Waals surface area contributed by atoms with Crippen molar-refractivity contribution in [3.63, 3.8) is 0 Å². The lowest BCUT2D eigenvalue weighted by atomic mass is 10.2. The molecule has 21 heavy (non-hydrogen) atoms. The lowest BCUT2D eigenvalue weighted by Gasteiger charge is -2.23. The van der Waals surface area contributed by atoms with E-state index in [1.807, 2.05) is 6.92 Å². The summed E-state index contributed by atoms with van der Waals surface area (Å²) in [5.74, 6) is -1.54. The molecule has 2 unspecified atom stereocenters. The van der Waals surface area contributed by atoms with Crippen molar-refractivity contribution in [2.75, 3.05) is 0 Å². The van der Waals surface area contributed by atoms with E-state index < -0.39 is 30.1 Å². The predicted molar refractivity (Wildman–Crippen MR) is 76.1 cm³/mol. The number of esters is 1. The van der Waals surface area contributed by atoms with Gasteiger partial charge >= 0.3 is 5.97 Å². The summed E-state index contributed by atoms with van der Waals surface area (Å²) in [6.07, 6.45) is 0.336. The number of carbonyl (C=O) groups is 3. The summed E-state index contributed by atoms with van der Waals surface area (Å²) in [6.45, 7) is 9.62. The largest absolute Gasteiger partial charge is 0.438 e. The highest BCUT2D eigenvalue weighted by molar-refractivity contribution is 5.87. The van der Waals surface area contributed by atoms with Gasteiger partial charge in [-0.15, -0.1) is 0 Å². The van der Waals surface area contributed by atoms with Crippen LogP contribution < -0.4 is 5.32 Å². The Labute approximate surface area is 124 Å². The third kappa shape index (κ3) is 7.45. The highest BCUT2D eigenvalue weighted by Crippen LogP contribution is 2.06. The minimum atomic E-state index is -0.747. The Bertz CT molecular complexity index is 408. The molecule has 2 atom stereocenters. The number of hydrogen-bond acceptors (Lipinski definition) is 5. The van der Waals surface area contributed by atoms with Gasteiger partial charge in [-0.2, -0.15) is 0 Å². The lowest BCUT2D eigenvalue weighted by molar-refractivity contribution is -0.173. The molecular formula is C14H24N2O5. The second-order valence-electron chi connectivity index (χ2n) is 4.95. The summed E-state index contributed by atoms with van der Waals surface area (Å²) in [5.41, 5.74) is 0.247. The minimum Gasteiger partial charge on any atom is -0.438 e. The first-order chi connectivity index (χ1) is 9.68. The fourth-order valence-electron chi connectivity index (χ4n) is 1.56. The summed E-state index contributed by atoms with van der Waals surface area (Å²) < 4.78 is 5.10. The van der Waals surface area contributed by atoms with E-state index in [-0.39, 0.29) is 12.0 Å². The zero-order valence-corrected chi connectivity index (χ0v) is 13.0. The molecule has 2 amide bonds. The van der Waals surface area contributed by atoms with E-state index in [2.05, 4.69) is 11.9 Å². The third-order valence-corrected chi connectivity index (χ3v) is 2.69. The van der Waals surface area contributed by atoms with Gasteiger partial charge in [-0.25, -0.2) is 9.86 Å². The van der Waals surface area contributed by atoms with Crippen LogP contribution in [0.4, 0.5) is 0 Å². The molecule has 0 heterocycles. The van der Waals surface area contributed by atoms with E-state index in [0.717, 1.165) is 0 Å². The van der Waals surface area contributed by atoms with Gasteiger partial charge in [0.2, 0.25) is 11.8 Å². The van der Waals surface area contributed by atoms with Crippen LogP contribution in [-0.2, 0) is 19.1 Å². The molecule has 0 aromatic carbocycles. The third-order valence-electron chi connectivity index (χ3n) is 2.69. The van der Waals surface area contributed by atoms with Crippen LogP contribution in [0.5, 0.6) is 0 Å². The van der Waals surface area contributed by atoms with Gasteiger partial charge in [0.25, 0.3) is 0 Å². The fraction of sp³-hybridized carbons (Fsp3) is 0.643. The normalized spacial score (nSPS) is 13.0. The molecule has 0 aliphatic rings. The lowest BCUT2D eigenvalue weighted by Crippen LogP contribution is -2.42. The van der Waals surface area contributed by atoms with Crippen LogP contribution in [-0.4, -0.2) is 40.3 Å². The second kappa shape index (κ2) is 9.12. The number of hydrogen-bond donors (Lipinski definition) is 2. The van der Waals surface area contributed by atoms with E-state index in [4.69, 9.17) is 4.74 Å². The summed E-state index contributed by atoms with van der Waals surface area (Å²) in [5, 5.41) is 12.5. The SMILES string of the molecule is C=C(C)C(=O)OC(CCC)NC(=O)CC(C)N(O)C(C)=O. The molecule has 120 valence electrons. The van der Waals surface area contributed by atoms with Gasteiger partial charge in [0, 0.05) is 25.3 Å². The topological polar surface area (TPSA) is 95.9 Å². The van der Waals surface area contributed by atoms with Gasteiger partial charge < -0.3 is 10.1 Å². The second-order valence-corrected chi connectivity index (χ2v) is 4.95. The molecule has 7 heteroatoms. The molecule has 0 bridgehead atoms. The van der Waals surface area contributed by atoms with Crippen LogP contribution in [0.1, 0.15) is 47.0 Å². The first-order valence-corrected chi connectivity index (χ1v) is 6.83. The van der Waals surface area contributed by atoms with Gasteiger partial charge in [-0.3, -0.25) is 14.8 Å². The summed E-state index contributed by atoms with van der Waals surface area (Å²) in [6, 6.07) is -0.665. The number of nitrogens with one attached hydrogen (secondary N) is 1. The van der Waals surface area contributed by atoms with Crippen LogP contribution in [0.25, 0.3) is 0 Å². The molecule has 0 radical (unpaired) electrons. The van der Waals surface area contributed by atoms with E-state index in [9.17, 15) is 19.6 Å². The average Bonchev–Trinajstić information content (AvgIpc) is 2.37. The number of rotatable bonds is 8. The Hall–Kier alpha value is -1.89. The van der Waals surface area contributed by atoms with Gasteiger partial charge in [-0.05, 0) is 13.8 Å². The Morgan fingerprint density at radius 3 is 2.33 bits per heavy atom. The van der Waals surface area contributed by atoms with Crippen molar-refractivity contribution < 1.29 is 24.3 Å². The summed E-state index contributed by atoms with van der Waals surface area (Å²) in [4.78, 5) is 34.3. The zero-order valence-electron chi connectivity index (χ0n) is 13.0. The van der Waals surface area contributed by atoms with Crippen LogP contribution in [0.15, 0.2) is 12.2 Å². The number of carbonyl (C=O) groups excluding carboxylic acids is 3. The van der Waals surface area contributed by atoms with E-state index in [0.29, 0.717) is 17.9 Å². The van der Waals surface area contributed by atoms with Crippen molar-refractivity contribution in [1.82, 2.24) is 10.4 Å². The average molecular weight is 300 g/mol. The molecule has 0 aromatic rings. The van der Waals surface area contributed by atoms with Crippen molar-refractivity contribution in [1.29, 1.82) is 0 Å². The van der Waals surface area contributed by atoms with E-state index in [1.165, 1.54) is 20.8 Å². The van der Waals surface area contributed by atoms with Crippen LogP contribution >= 0.6 is 0 Å². The van der Waals surface area contributed by atoms with Crippen LogP contribution in [0.2, 0.25) is 0 Å². The van der Waals surface area contributed by atoms with Crippen molar-refractivity contribution in [3.8, 4) is 0 Å². The molecule has 0 aliphatic carbocycles. The molecule has 2 N–H and O–H groups in total.